The molecule has 0 bridgehead atoms. The number of carboxylic acid groups (broad SMARTS) is 1. The van der Waals surface area contributed by atoms with E-state index in [1.807, 2.05) is 12.1 Å². The Hall–Kier alpha value is -2.80. The first kappa shape index (κ1) is 18.0. The number of Topliss-reactive ketones (excluding diaryl/α,β-unsaturated/α-hetero) is 1. The smallest absolute Gasteiger partial charge is 0.344 e. The molecule has 0 spiro atoms. The van der Waals surface area contributed by atoms with Gasteiger partial charge in [-0.3, -0.25) is 4.79 Å². The highest BCUT2D eigenvalue weighted by atomic mass is 79.9. The van der Waals surface area contributed by atoms with Crippen LogP contribution in [0.25, 0.3) is 6.08 Å². The van der Waals surface area contributed by atoms with Crippen LogP contribution >= 0.6 is 15.9 Å². The third-order valence-corrected chi connectivity index (χ3v) is 4.27. The third-order valence-electron chi connectivity index (χ3n) is 3.78. The van der Waals surface area contributed by atoms with Crippen molar-refractivity contribution in [2.75, 3.05) is 7.11 Å². The molecule has 0 amide bonds. The fraction of sp³-hybridized carbons (Fsp3) is 0.158. The number of halogens is 1. The zero-order valence-electron chi connectivity index (χ0n) is 14.0. The number of hydrogen-bond acceptors (Lipinski definition) is 5. The number of rotatable bonds is 5. The minimum absolute atomic E-state index is 0.153. The van der Waals surface area contributed by atoms with Crippen LogP contribution in [0, 0.1) is 0 Å². The summed E-state index contributed by atoms with van der Waals surface area (Å²) in [6.45, 7) is 1.42. The maximum Gasteiger partial charge on any atom is 0.344 e. The quantitative estimate of drug-likeness (QED) is 0.740. The molecule has 2 aromatic rings. The van der Waals surface area contributed by atoms with E-state index in [4.69, 9.17) is 19.3 Å². The summed E-state index contributed by atoms with van der Waals surface area (Å²) in [5.41, 5.74) is 1.08. The lowest BCUT2D eigenvalue weighted by atomic mass is 10.1. The molecule has 26 heavy (non-hydrogen) atoms. The second kappa shape index (κ2) is 7.21. The molecule has 0 fully saturated rings. The fourth-order valence-electron chi connectivity index (χ4n) is 2.45. The SMILES string of the molecule is COc1ccc(Br)cc1C=C1Oc2cc(O[C@H](C)C(=O)O)ccc2C1=O. The molecule has 1 aliphatic heterocycles. The second-order valence-corrected chi connectivity index (χ2v) is 6.50. The summed E-state index contributed by atoms with van der Waals surface area (Å²) in [6.07, 6.45) is 0.595. The van der Waals surface area contributed by atoms with Crippen LogP contribution in [0.1, 0.15) is 22.8 Å². The van der Waals surface area contributed by atoms with E-state index in [0.717, 1.165) is 4.47 Å². The van der Waals surface area contributed by atoms with Crippen LogP contribution < -0.4 is 14.2 Å². The minimum atomic E-state index is -1.08. The Balaban J connectivity index is 1.90. The van der Waals surface area contributed by atoms with Gasteiger partial charge in [-0.25, -0.2) is 4.79 Å². The second-order valence-electron chi connectivity index (χ2n) is 5.58. The van der Waals surface area contributed by atoms with Crippen LogP contribution in [-0.4, -0.2) is 30.1 Å². The van der Waals surface area contributed by atoms with Crippen molar-refractivity contribution in [3.8, 4) is 17.2 Å². The van der Waals surface area contributed by atoms with Gasteiger partial charge in [-0.15, -0.1) is 0 Å². The van der Waals surface area contributed by atoms with Crippen LogP contribution in [0.4, 0.5) is 0 Å². The molecule has 0 unspecified atom stereocenters. The monoisotopic (exact) mass is 418 g/mol. The van der Waals surface area contributed by atoms with Crippen LogP contribution in [0.3, 0.4) is 0 Å². The molecule has 0 aliphatic carbocycles. The molecule has 1 heterocycles. The lowest BCUT2D eigenvalue weighted by Crippen LogP contribution is -2.22. The lowest BCUT2D eigenvalue weighted by molar-refractivity contribution is -0.144. The van der Waals surface area contributed by atoms with E-state index in [-0.39, 0.29) is 11.5 Å². The molecule has 6 nitrogen and oxygen atoms in total. The number of ketones is 1. The molecule has 0 saturated heterocycles. The molecule has 1 N–H and O–H groups in total. The van der Waals surface area contributed by atoms with E-state index in [0.29, 0.717) is 28.4 Å². The summed E-state index contributed by atoms with van der Waals surface area (Å²) in [6, 6.07) is 10.0. The van der Waals surface area contributed by atoms with Crippen molar-refractivity contribution in [3.05, 3.63) is 57.8 Å². The number of fused-ring (bicyclic) bond motifs is 1. The fourth-order valence-corrected chi connectivity index (χ4v) is 2.83. The summed E-state index contributed by atoms with van der Waals surface area (Å²) >= 11 is 3.39. The highest BCUT2D eigenvalue weighted by molar-refractivity contribution is 9.10. The molecule has 0 saturated carbocycles. The molecule has 1 aliphatic rings. The van der Waals surface area contributed by atoms with Crippen molar-refractivity contribution in [2.24, 2.45) is 0 Å². The van der Waals surface area contributed by atoms with Crippen molar-refractivity contribution in [2.45, 2.75) is 13.0 Å². The van der Waals surface area contributed by atoms with Gasteiger partial charge < -0.3 is 19.3 Å². The first-order valence-electron chi connectivity index (χ1n) is 7.70. The molecule has 0 aromatic heterocycles. The Morgan fingerprint density at radius 1 is 1.27 bits per heavy atom. The minimum Gasteiger partial charge on any atom is -0.496 e. The molecular formula is C19H15BrO6. The average molecular weight is 419 g/mol. The number of methoxy groups -OCH3 is 1. The van der Waals surface area contributed by atoms with Crippen molar-refractivity contribution in [1.29, 1.82) is 0 Å². The third kappa shape index (κ3) is 3.57. The number of allylic oxidation sites excluding steroid dienone is 1. The van der Waals surface area contributed by atoms with Crippen LogP contribution in [0.5, 0.6) is 17.2 Å². The number of hydrogen-bond donors (Lipinski definition) is 1. The normalized spacial score (nSPS) is 15.3. The first-order chi connectivity index (χ1) is 12.4. The van der Waals surface area contributed by atoms with Crippen molar-refractivity contribution in [3.63, 3.8) is 0 Å². The Kier molecular flexibility index (Phi) is 4.99. The lowest BCUT2D eigenvalue weighted by Gasteiger charge is -2.10. The van der Waals surface area contributed by atoms with E-state index in [2.05, 4.69) is 15.9 Å². The number of carboxylic acids is 1. The Morgan fingerprint density at radius 2 is 2.04 bits per heavy atom. The van der Waals surface area contributed by atoms with Gasteiger partial charge in [0.15, 0.2) is 11.9 Å². The van der Waals surface area contributed by atoms with Crippen molar-refractivity contribution < 1.29 is 28.9 Å². The average Bonchev–Trinajstić information content (AvgIpc) is 2.90. The van der Waals surface area contributed by atoms with E-state index in [1.54, 1.807) is 31.4 Å². The highest BCUT2D eigenvalue weighted by Gasteiger charge is 2.28. The van der Waals surface area contributed by atoms with Gasteiger partial charge in [-0.05, 0) is 43.3 Å². The Morgan fingerprint density at radius 3 is 2.73 bits per heavy atom. The van der Waals surface area contributed by atoms with Crippen molar-refractivity contribution in [1.82, 2.24) is 0 Å². The van der Waals surface area contributed by atoms with Gasteiger partial charge in [0.05, 0.1) is 12.7 Å². The predicted octanol–water partition coefficient (Wildman–Crippen LogP) is 3.93. The topological polar surface area (TPSA) is 82.1 Å². The standard InChI is InChI=1S/C19H15BrO6/c1-10(19(22)23)25-13-4-5-14-16(9-13)26-17(18(14)21)8-11-7-12(20)3-6-15(11)24-2/h3-10H,1-2H3,(H,22,23)/t10-/m1/s1. The van der Waals surface area contributed by atoms with Gasteiger partial charge in [0.2, 0.25) is 5.78 Å². The Bertz CT molecular complexity index is 918. The summed E-state index contributed by atoms with van der Waals surface area (Å²) in [7, 11) is 1.55. The molecule has 2 aromatic carbocycles. The number of ether oxygens (including phenoxy) is 3. The predicted molar refractivity (Wildman–Crippen MR) is 97.8 cm³/mol. The van der Waals surface area contributed by atoms with E-state index < -0.39 is 12.1 Å². The van der Waals surface area contributed by atoms with Crippen molar-refractivity contribution >= 4 is 33.8 Å². The van der Waals surface area contributed by atoms with E-state index in [9.17, 15) is 9.59 Å². The summed E-state index contributed by atoms with van der Waals surface area (Å²) in [5, 5.41) is 8.92. The Labute approximate surface area is 158 Å². The molecule has 134 valence electrons. The van der Waals surface area contributed by atoms with E-state index >= 15 is 0 Å². The maximum atomic E-state index is 12.5. The number of benzene rings is 2. The van der Waals surface area contributed by atoms with Crippen LogP contribution in [0.2, 0.25) is 0 Å². The number of carbonyl (C=O) groups excluding carboxylic acids is 1. The van der Waals surface area contributed by atoms with Gasteiger partial charge in [0.25, 0.3) is 0 Å². The zero-order valence-corrected chi connectivity index (χ0v) is 15.6. The van der Waals surface area contributed by atoms with Gasteiger partial charge >= 0.3 is 5.97 Å². The van der Waals surface area contributed by atoms with Crippen LogP contribution in [-0.2, 0) is 4.79 Å². The summed E-state index contributed by atoms with van der Waals surface area (Å²) < 4.78 is 17.1. The molecular weight excluding hydrogens is 404 g/mol. The molecule has 7 heteroatoms. The summed E-state index contributed by atoms with van der Waals surface area (Å²) in [5.74, 6) is 0.0509. The summed E-state index contributed by atoms with van der Waals surface area (Å²) in [4.78, 5) is 23.4. The largest absolute Gasteiger partial charge is 0.496 e. The van der Waals surface area contributed by atoms with Crippen LogP contribution in [0.15, 0.2) is 46.6 Å². The highest BCUT2D eigenvalue weighted by Crippen LogP contribution is 2.36. The van der Waals surface area contributed by atoms with Gasteiger partial charge in [0, 0.05) is 16.1 Å². The van der Waals surface area contributed by atoms with Gasteiger partial charge in [-0.2, -0.15) is 0 Å². The number of aliphatic carboxylic acids is 1. The molecule has 3 rings (SSSR count). The first-order valence-corrected chi connectivity index (χ1v) is 8.49. The maximum absolute atomic E-state index is 12.5. The number of carbonyl (C=O) groups is 2. The zero-order chi connectivity index (χ0) is 18.8. The van der Waals surface area contributed by atoms with E-state index in [1.165, 1.54) is 13.0 Å². The molecule has 1 atom stereocenters. The van der Waals surface area contributed by atoms with Gasteiger partial charge in [0.1, 0.15) is 17.2 Å². The van der Waals surface area contributed by atoms with Gasteiger partial charge in [-0.1, -0.05) is 15.9 Å². The molecule has 0 radical (unpaired) electrons.